The number of hydrogen-bond acceptors (Lipinski definition) is 3. The number of carboxylic acid groups (broad SMARTS) is 1. The van der Waals surface area contributed by atoms with E-state index in [4.69, 9.17) is 0 Å². The van der Waals surface area contributed by atoms with E-state index in [-0.39, 0.29) is 0 Å². The second-order valence-electron chi connectivity index (χ2n) is 4.41. The Morgan fingerprint density at radius 1 is 1.50 bits per heavy atom. The highest BCUT2D eigenvalue weighted by Crippen LogP contribution is 2.38. The first-order valence-electron chi connectivity index (χ1n) is 5.83. The SMILES string of the molecule is CCn1cc(C2(C(=O)O)CCCCC2)nn1. The van der Waals surface area contributed by atoms with Gasteiger partial charge < -0.3 is 5.11 Å². The third kappa shape index (κ3) is 1.70. The first-order valence-corrected chi connectivity index (χ1v) is 5.83. The molecule has 0 bridgehead atoms. The summed E-state index contributed by atoms with van der Waals surface area (Å²) in [5.41, 5.74) is -0.160. The number of carboxylic acids is 1. The first kappa shape index (κ1) is 11.1. The van der Waals surface area contributed by atoms with Gasteiger partial charge >= 0.3 is 5.97 Å². The Labute approximate surface area is 94.5 Å². The summed E-state index contributed by atoms with van der Waals surface area (Å²) in [7, 11) is 0. The van der Waals surface area contributed by atoms with E-state index < -0.39 is 11.4 Å². The van der Waals surface area contributed by atoms with Gasteiger partial charge in [0.15, 0.2) is 0 Å². The molecule has 0 spiro atoms. The van der Waals surface area contributed by atoms with E-state index in [0.29, 0.717) is 18.5 Å². The second-order valence-corrected chi connectivity index (χ2v) is 4.41. The normalized spacial score (nSPS) is 19.6. The quantitative estimate of drug-likeness (QED) is 0.844. The summed E-state index contributed by atoms with van der Waals surface area (Å²) in [6.07, 6.45) is 6.20. The van der Waals surface area contributed by atoms with Crippen LogP contribution in [-0.4, -0.2) is 26.1 Å². The van der Waals surface area contributed by atoms with Crippen LogP contribution in [0.4, 0.5) is 0 Å². The number of nitrogens with zero attached hydrogens (tertiary/aromatic N) is 3. The number of aromatic nitrogens is 3. The van der Waals surface area contributed by atoms with Gasteiger partial charge in [0.2, 0.25) is 0 Å². The van der Waals surface area contributed by atoms with Crippen molar-refractivity contribution in [1.29, 1.82) is 0 Å². The molecule has 1 aliphatic carbocycles. The molecule has 0 atom stereocenters. The van der Waals surface area contributed by atoms with Gasteiger partial charge in [-0.1, -0.05) is 24.5 Å². The third-order valence-corrected chi connectivity index (χ3v) is 3.47. The van der Waals surface area contributed by atoms with Crippen LogP contribution < -0.4 is 0 Å². The standard InChI is InChI=1S/C11H17N3O2/c1-2-14-8-9(12-13-14)11(10(15)16)6-4-3-5-7-11/h8H,2-7H2,1H3,(H,15,16). The van der Waals surface area contributed by atoms with E-state index in [1.54, 1.807) is 10.9 Å². The minimum absolute atomic E-state index is 0.626. The van der Waals surface area contributed by atoms with Crippen LogP contribution in [-0.2, 0) is 16.8 Å². The Morgan fingerprint density at radius 2 is 2.19 bits per heavy atom. The zero-order valence-electron chi connectivity index (χ0n) is 9.52. The molecule has 1 N–H and O–H groups in total. The highest BCUT2D eigenvalue weighted by atomic mass is 16.4. The van der Waals surface area contributed by atoms with Crippen LogP contribution in [0.5, 0.6) is 0 Å². The largest absolute Gasteiger partial charge is 0.481 e. The molecule has 0 aliphatic heterocycles. The molecule has 1 aliphatic rings. The van der Waals surface area contributed by atoms with Gasteiger partial charge in [0.05, 0.1) is 5.69 Å². The van der Waals surface area contributed by atoms with Crippen LogP contribution in [0.2, 0.25) is 0 Å². The first-order chi connectivity index (χ1) is 7.69. The van der Waals surface area contributed by atoms with E-state index in [2.05, 4.69) is 10.3 Å². The average Bonchev–Trinajstić information content (AvgIpc) is 2.78. The summed E-state index contributed by atoms with van der Waals surface area (Å²) in [6.45, 7) is 2.69. The summed E-state index contributed by atoms with van der Waals surface area (Å²) in [4.78, 5) is 11.5. The van der Waals surface area contributed by atoms with Crippen LogP contribution in [0.1, 0.15) is 44.7 Å². The molecule has 1 aromatic rings. The Kier molecular flexibility index (Phi) is 2.94. The molecule has 1 aromatic heterocycles. The highest BCUT2D eigenvalue weighted by molar-refractivity contribution is 5.80. The molecule has 88 valence electrons. The van der Waals surface area contributed by atoms with E-state index in [9.17, 15) is 9.90 Å². The molecule has 0 amide bonds. The Bertz CT molecular complexity index is 380. The number of aryl methyl sites for hydroxylation is 1. The minimum Gasteiger partial charge on any atom is -0.481 e. The Balaban J connectivity index is 2.34. The molecule has 16 heavy (non-hydrogen) atoms. The average molecular weight is 223 g/mol. The fourth-order valence-electron chi connectivity index (χ4n) is 2.41. The molecule has 2 rings (SSSR count). The highest BCUT2D eigenvalue weighted by Gasteiger charge is 2.43. The lowest BCUT2D eigenvalue weighted by Gasteiger charge is -2.30. The van der Waals surface area contributed by atoms with E-state index in [1.807, 2.05) is 6.92 Å². The lowest BCUT2D eigenvalue weighted by molar-refractivity contribution is -0.145. The van der Waals surface area contributed by atoms with Crippen LogP contribution in [0, 0.1) is 0 Å². The van der Waals surface area contributed by atoms with Crippen molar-refractivity contribution in [2.24, 2.45) is 0 Å². The predicted molar refractivity (Wildman–Crippen MR) is 58.1 cm³/mol. The Morgan fingerprint density at radius 3 is 2.69 bits per heavy atom. The van der Waals surface area contributed by atoms with Crippen molar-refractivity contribution in [2.45, 2.75) is 51.0 Å². The van der Waals surface area contributed by atoms with Crippen LogP contribution in [0.3, 0.4) is 0 Å². The van der Waals surface area contributed by atoms with E-state index in [1.165, 1.54) is 0 Å². The van der Waals surface area contributed by atoms with Gasteiger partial charge in [-0.3, -0.25) is 9.48 Å². The van der Waals surface area contributed by atoms with Crippen LogP contribution >= 0.6 is 0 Å². The van der Waals surface area contributed by atoms with Crippen molar-refractivity contribution >= 4 is 5.97 Å². The molecule has 1 heterocycles. The van der Waals surface area contributed by atoms with Crippen molar-refractivity contribution in [1.82, 2.24) is 15.0 Å². The third-order valence-electron chi connectivity index (χ3n) is 3.47. The number of carbonyl (C=O) groups is 1. The zero-order valence-corrected chi connectivity index (χ0v) is 9.52. The molecule has 0 radical (unpaired) electrons. The van der Waals surface area contributed by atoms with E-state index in [0.717, 1.165) is 25.8 Å². The minimum atomic E-state index is -0.786. The summed E-state index contributed by atoms with van der Waals surface area (Å²) in [6, 6.07) is 0. The zero-order chi connectivity index (χ0) is 11.6. The van der Waals surface area contributed by atoms with Gasteiger partial charge in [-0.15, -0.1) is 5.10 Å². The molecular weight excluding hydrogens is 206 g/mol. The van der Waals surface area contributed by atoms with Gasteiger partial charge in [-0.25, -0.2) is 0 Å². The van der Waals surface area contributed by atoms with Crippen LogP contribution in [0.15, 0.2) is 6.20 Å². The number of aliphatic carboxylic acids is 1. The van der Waals surface area contributed by atoms with Gasteiger partial charge in [-0.05, 0) is 19.8 Å². The molecule has 5 nitrogen and oxygen atoms in total. The summed E-state index contributed by atoms with van der Waals surface area (Å²) >= 11 is 0. The van der Waals surface area contributed by atoms with Gasteiger partial charge in [-0.2, -0.15) is 0 Å². The fraction of sp³-hybridized carbons (Fsp3) is 0.727. The van der Waals surface area contributed by atoms with Crippen molar-refractivity contribution in [3.63, 3.8) is 0 Å². The van der Waals surface area contributed by atoms with Crippen molar-refractivity contribution in [3.8, 4) is 0 Å². The van der Waals surface area contributed by atoms with Gasteiger partial charge in [0, 0.05) is 12.7 Å². The van der Waals surface area contributed by atoms with Gasteiger partial charge in [0.1, 0.15) is 5.41 Å². The maximum absolute atomic E-state index is 11.5. The molecule has 0 unspecified atom stereocenters. The van der Waals surface area contributed by atoms with Crippen molar-refractivity contribution < 1.29 is 9.90 Å². The molecule has 1 saturated carbocycles. The second kappa shape index (κ2) is 4.23. The molecule has 0 aromatic carbocycles. The maximum atomic E-state index is 11.5. The number of rotatable bonds is 3. The summed E-state index contributed by atoms with van der Waals surface area (Å²) < 4.78 is 1.69. The lowest BCUT2D eigenvalue weighted by atomic mass is 9.72. The van der Waals surface area contributed by atoms with Crippen molar-refractivity contribution in [2.75, 3.05) is 0 Å². The summed E-state index contributed by atoms with van der Waals surface area (Å²) in [5.74, 6) is -0.754. The van der Waals surface area contributed by atoms with Crippen molar-refractivity contribution in [3.05, 3.63) is 11.9 Å². The number of hydrogen-bond donors (Lipinski definition) is 1. The monoisotopic (exact) mass is 223 g/mol. The molecule has 1 fully saturated rings. The topological polar surface area (TPSA) is 68.0 Å². The smallest absolute Gasteiger partial charge is 0.315 e. The maximum Gasteiger partial charge on any atom is 0.315 e. The molecule has 0 saturated heterocycles. The predicted octanol–water partition coefficient (Wildman–Crippen LogP) is 1.58. The van der Waals surface area contributed by atoms with E-state index >= 15 is 0 Å². The Hall–Kier alpha value is -1.39. The fourth-order valence-corrected chi connectivity index (χ4v) is 2.41. The summed E-state index contributed by atoms with van der Waals surface area (Å²) in [5, 5.41) is 17.4. The lowest BCUT2D eigenvalue weighted by Crippen LogP contribution is -2.38. The van der Waals surface area contributed by atoms with Gasteiger partial charge in [0.25, 0.3) is 0 Å². The molecular formula is C11H17N3O2. The molecule has 5 heteroatoms. The van der Waals surface area contributed by atoms with Crippen LogP contribution in [0.25, 0.3) is 0 Å².